The molecule has 0 saturated heterocycles. The molecule has 0 aliphatic rings. The second kappa shape index (κ2) is 8.85. The molecule has 0 radical (unpaired) electrons. The summed E-state index contributed by atoms with van der Waals surface area (Å²) in [6, 6.07) is 12.8. The van der Waals surface area contributed by atoms with Crippen LogP contribution in [0.3, 0.4) is 0 Å². The predicted octanol–water partition coefficient (Wildman–Crippen LogP) is 3.04. The van der Waals surface area contributed by atoms with Gasteiger partial charge in [0.2, 0.25) is 11.3 Å². The zero-order valence-electron chi connectivity index (χ0n) is 17.7. The second-order valence-electron chi connectivity index (χ2n) is 7.50. The number of aromatic amines is 1. The minimum Gasteiger partial charge on any atom is -0.361 e. The van der Waals surface area contributed by atoms with Crippen molar-refractivity contribution in [3.05, 3.63) is 93.5 Å². The number of carbonyl (C=O) groups is 2. The van der Waals surface area contributed by atoms with Crippen molar-refractivity contribution in [2.45, 2.75) is 19.5 Å². The summed E-state index contributed by atoms with van der Waals surface area (Å²) in [6.45, 7) is 1.47. The first kappa shape index (κ1) is 22.8. The quantitative estimate of drug-likeness (QED) is 0.399. The van der Waals surface area contributed by atoms with Gasteiger partial charge in [0.1, 0.15) is 0 Å². The molecule has 2 heterocycles. The molecule has 0 atom stereocenters. The Morgan fingerprint density at radius 2 is 1.82 bits per heavy atom. The van der Waals surface area contributed by atoms with Crippen molar-refractivity contribution in [3.63, 3.8) is 0 Å². The molecule has 4 aromatic rings. The first-order chi connectivity index (χ1) is 16.1. The van der Waals surface area contributed by atoms with Crippen molar-refractivity contribution >= 4 is 22.7 Å². The maximum absolute atomic E-state index is 13.1. The van der Waals surface area contributed by atoms with E-state index >= 15 is 0 Å². The Morgan fingerprint density at radius 3 is 2.59 bits per heavy atom. The van der Waals surface area contributed by atoms with E-state index in [-0.39, 0.29) is 17.8 Å². The van der Waals surface area contributed by atoms with Crippen LogP contribution in [0.2, 0.25) is 0 Å². The first-order valence-corrected chi connectivity index (χ1v) is 10.1. The Labute approximate surface area is 190 Å². The summed E-state index contributed by atoms with van der Waals surface area (Å²) in [6.07, 6.45) is -2.93. The van der Waals surface area contributed by atoms with E-state index in [4.69, 9.17) is 0 Å². The van der Waals surface area contributed by atoms with Gasteiger partial charge in [-0.15, -0.1) is 0 Å². The van der Waals surface area contributed by atoms with Crippen LogP contribution >= 0.6 is 0 Å². The Kier molecular flexibility index (Phi) is 5.93. The van der Waals surface area contributed by atoms with E-state index in [0.29, 0.717) is 5.56 Å². The third-order valence-electron chi connectivity index (χ3n) is 5.08. The van der Waals surface area contributed by atoms with Crippen LogP contribution in [-0.4, -0.2) is 26.6 Å². The topological polar surface area (TPSA) is 109 Å². The molecular formula is C23H18F3N5O3. The van der Waals surface area contributed by atoms with Gasteiger partial charge >= 0.3 is 6.18 Å². The molecule has 11 heteroatoms. The molecule has 0 aliphatic heterocycles. The number of benzene rings is 2. The molecule has 0 unspecified atom stereocenters. The lowest BCUT2D eigenvalue weighted by atomic mass is 10.1. The molecule has 0 aliphatic carbocycles. The molecule has 3 N–H and O–H groups in total. The Hall–Kier alpha value is -4.41. The summed E-state index contributed by atoms with van der Waals surface area (Å²) in [5, 5.41) is 4.78. The van der Waals surface area contributed by atoms with Crippen LogP contribution in [0, 0.1) is 6.92 Å². The lowest BCUT2D eigenvalue weighted by Crippen LogP contribution is -2.44. The summed E-state index contributed by atoms with van der Waals surface area (Å²) >= 11 is 0. The zero-order valence-corrected chi connectivity index (χ0v) is 17.7. The average Bonchev–Trinajstić information content (AvgIpc) is 3.20. The zero-order chi connectivity index (χ0) is 24.5. The van der Waals surface area contributed by atoms with Gasteiger partial charge in [-0.2, -0.15) is 18.3 Å². The Bertz CT molecular complexity index is 1460. The molecule has 2 amide bonds. The lowest BCUT2D eigenvalue weighted by molar-refractivity contribution is -0.137. The van der Waals surface area contributed by atoms with E-state index in [1.165, 1.54) is 19.1 Å². The summed E-state index contributed by atoms with van der Waals surface area (Å²) in [4.78, 5) is 40.2. The van der Waals surface area contributed by atoms with Crippen LogP contribution < -0.4 is 16.3 Å². The smallest absolute Gasteiger partial charge is 0.361 e. The van der Waals surface area contributed by atoms with Crippen molar-refractivity contribution in [2.75, 3.05) is 0 Å². The van der Waals surface area contributed by atoms with Crippen LogP contribution in [0.4, 0.5) is 13.2 Å². The minimum atomic E-state index is -4.57. The van der Waals surface area contributed by atoms with E-state index < -0.39 is 34.7 Å². The number of H-pyrrole nitrogens is 1. The van der Waals surface area contributed by atoms with Crippen LogP contribution in [0.15, 0.2) is 65.6 Å². The number of hydrazine groups is 1. The van der Waals surface area contributed by atoms with Gasteiger partial charge in [0.05, 0.1) is 17.7 Å². The number of aromatic nitrogens is 3. The highest BCUT2D eigenvalue weighted by Crippen LogP contribution is 2.30. The third kappa shape index (κ3) is 4.68. The number of nitrogens with one attached hydrogen (secondary N) is 3. The molecule has 4 rings (SSSR count). The average molecular weight is 469 g/mol. The maximum Gasteiger partial charge on any atom is 0.416 e. The number of hydrogen-bond acceptors (Lipinski definition) is 4. The van der Waals surface area contributed by atoms with Crippen LogP contribution in [0.1, 0.15) is 27.3 Å². The van der Waals surface area contributed by atoms with Crippen LogP contribution in [-0.2, 0) is 17.4 Å². The number of hydrogen-bond donors (Lipinski definition) is 3. The fraction of sp³-hybridized carbons (Fsp3) is 0.130. The molecule has 0 bridgehead atoms. The molecule has 0 saturated carbocycles. The summed E-state index contributed by atoms with van der Waals surface area (Å²) < 4.78 is 40.3. The third-order valence-corrected chi connectivity index (χ3v) is 5.08. The number of amides is 2. The number of aryl methyl sites for hydroxylation is 1. The van der Waals surface area contributed by atoms with Gasteiger partial charge in [-0.3, -0.25) is 25.2 Å². The predicted molar refractivity (Wildman–Crippen MR) is 117 cm³/mol. The summed E-state index contributed by atoms with van der Waals surface area (Å²) in [7, 11) is 0. The molecule has 8 nitrogen and oxygen atoms in total. The number of carbonyl (C=O) groups excluding carboxylic acids is 2. The standard InChI is InChI=1S/C23H18F3N5O3/c1-13-9-19(32)21(30-31(13)16-6-4-5-15(11-16)23(24,25)26)22(34)29-28-20(33)10-14-12-27-18-8-3-2-7-17(14)18/h2-9,11-12,27H,10H2,1H3,(H,28,33)(H,29,34). The van der Waals surface area contributed by atoms with Gasteiger partial charge in [-0.05, 0) is 36.8 Å². The van der Waals surface area contributed by atoms with Crippen LogP contribution in [0.5, 0.6) is 0 Å². The fourth-order valence-corrected chi connectivity index (χ4v) is 3.46. The van der Waals surface area contributed by atoms with Crippen molar-refractivity contribution in [1.82, 2.24) is 25.6 Å². The largest absolute Gasteiger partial charge is 0.416 e. The van der Waals surface area contributed by atoms with Gasteiger partial charge in [0.25, 0.3) is 5.91 Å². The van der Waals surface area contributed by atoms with E-state index in [2.05, 4.69) is 20.9 Å². The van der Waals surface area contributed by atoms with Crippen molar-refractivity contribution in [3.8, 4) is 5.69 Å². The summed E-state index contributed by atoms with van der Waals surface area (Å²) in [5.41, 5.74) is 3.93. The SMILES string of the molecule is Cc1cc(=O)c(C(=O)NNC(=O)Cc2c[nH]c3ccccc23)nn1-c1cccc(C(F)(F)F)c1. The van der Waals surface area contributed by atoms with Crippen LogP contribution in [0.25, 0.3) is 16.6 Å². The lowest BCUT2D eigenvalue weighted by Gasteiger charge is -2.13. The molecular weight excluding hydrogens is 451 g/mol. The minimum absolute atomic E-state index is 0.0183. The van der Waals surface area contributed by atoms with Gasteiger partial charge in [-0.1, -0.05) is 24.3 Å². The normalized spacial score (nSPS) is 11.4. The van der Waals surface area contributed by atoms with Gasteiger partial charge in [-0.25, -0.2) is 4.68 Å². The van der Waals surface area contributed by atoms with E-state index in [1.807, 2.05) is 24.3 Å². The van der Waals surface area contributed by atoms with Gasteiger partial charge in [0, 0.05) is 28.9 Å². The Balaban J connectivity index is 1.51. The molecule has 0 spiro atoms. The molecule has 2 aromatic heterocycles. The van der Waals surface area contributed by atoms with Crippen molar-refractivity contribution < 1.29 is 22.8 Å². The summed E-state index contributed by atoms with van der Waals surface area (Å²) in [5.74, 6) is -1.54. The molecule has 174 valence electrons. The number of rotatable bonds is 4. The van der Waals surface area contributed by atoms with E-state index in [1.54, 1.807) is 6.20 Å². The van der Waals surface area contributed by atoms with Crippen molar-refractivity contribution in [2.24, 2.45) is 0 Å². The van der Waals surface area contributed by atoms with Crippen molar-refractivity contribution in [1.29, 1.82) is 0 Å². The maximum atomic E-state index is 13.1. The Morgan fingerprint density at radius 1 is 1.06 bits per heavy atom. The monoisotopic (exact) mass is 469 g/mol. The number of alkyl halides is 3. The second-order valence-corrected chi connectivity index (χ2v) is 7.50. The molecule has 2 aromatic carbocycles. The number of fused-ring (bicyclic) bond motifs is 1. The van der Waals surface area contributed by atoms with Gasteiger partial charge < -0.3 is 4.98 Å². The first-order valence-electron chi connectivity index (χ1n) is 10.1. The number of para-hydroxylation sites is 1. The molecule has 34 heavy (non-hydrogen) atoms. The van der Waals surface area contributed by atoms with E-state index in [0.717, 1.165) is 33.8 Å². The highest BCUT2D eigenvalue weighted by molar-refractivity contribution is 5.94. The van der Waals surface area contributed by atoms with E-state index in [9.17, 15) is 27.6 Å². The number of nitrogens with zero attached hydrogens (tertiary/aromatic N) is 2. The van der Waals surface area contributed by atoms with Gasteiger partial charge in [0.15, 0.2) is 5.69 Å². The highest BCUT2D eigenvalue weighted by atomic mass is 19.4. The highest BCUT2D eigenvalue weighted by Gasteiger charge is 2.30. The molecule has 0 fully saturated rings. The fourth-order valence-electron chi connectivity index (χ4n) is 3.46. The number of halogens is 3.